The number of nitrogens with two attached hydrogens (primary N) is 1. The lowest BCUT2D eigenvalue weighted by Gasteiger charge is -2.01. The maximum Gasteiger partial charge on any atom is -0.00369 e. The van der Waals surface area contributed by atoms with E-state index >= 15 is 0 Å². The zero-order valence-corrected chi connectivity index (χ0v) is 7.54. The van der Waals surface area contributed by atoms with E-state index in [1.54, 1.807) is 0 Å². The van der Waals surface area contributed by atoms with Crippen molar-refractivity contribution in [3.63, 3.8) is 0 Å². The minimum absolute atomic E-state index is 0.801. The maximum absolute atomic E-state index is 5.33. The van der Waals surface area contributed by atoms with Gasteiger partial charge in [0.1, 0.15) is 0 Å². The molecule has 0 aliphatic heterocycles. The van der Waals surface area contributed by atoms with E-state index in [9.17, 15) is 0 Å². The molecule has 62 valence electrons. The molecule has 3 N–H and O–H groups in total. The van der Waals surface area contributed by atoms with Gasteiger partial charge in [-0.05, 0) is 44.5 Å². The molecule has 0 aromatic carbocycles. The predicted molar refractivity (Wildman–Crippen MR) is 49.5 cm³/mol. The van der Waals surface area contributed by atoms with Gasteiger partial charge in [0, 0.05) is 0 Å². The Balaban J connectivity index is 2.65. The minimum Gasteiger partial charge on any atom is -0.330 e. The van der Waals surface area contributed by atoms with E-state index < -0.39 is 0 Å². The van der Waals surface area contributed by atoms with Gasteiger partial charge in [0.25, 0.3) is 0 Å². The van der Waals surface area contributed by atoms with Crippen LogP contribution in [0.15, 0.2) is 0 Å². The average molecular weight is 162 g/mol. The molecule has 0 atom stereocenters. The molecule has 2 nitrogen and oxygen atoms in total. The largest absolute Gasteiger partial charge is 0.330 e. The lowest BCUT2D eigenvalue weighted by molar-refractivity contribution is 0.647. The number of hydrogen-bond acceptors (Lipinski definition) is 3. The topological polar surface area (TPSA) is 38.0 Å². The third-order valence-electron chi connectivity index (χ3n) is 1.26. The smallest absolute Gasteiger partial charge is 0.00369 e. The maximum atomic E-state index is 5.33. The molecule has 0 saturated heterocycles. The number of thioether (sulfide) groups is 1. The highest BCUT2D eigenvalue weighted by Crippen LogP contribution is 1.92. The molecule has 0 rings (SSSR count). The standard InChI is InChI=1S/C7H18N2S/c1-10-7-3-6-9-5-2-4-8/h9H,2-8H2,1H3. The Labute approximate surface area is 67.9 Å². The molecule has 10 heavy (non-hydrogen) atoms. The zero-order chi connectivity index (χ0) is 7.66. The molecule has 3 heteroatoms. The molecule has 0 aliphatic rings. The van der Waals surface area contributed by atoms with Gasteiger partial charge < -0.3 is 11.1 Å². The van der Waals surface area contributed by atoms with E-state index in [2.05, 4.69) is 11.6 Å². The van der Waals surface area contributed by atoms with Crippen LogP contribution in [-0.4, -0.2) is 31.6 Å². The summed E-state index contributed by atoms with van der Waals surface area (Å²) >= 11 is 1.90. The molecule has 0 heterocycles. The third-order valence-corrected chi connectivity index (χ3v) is 1.96. The first kappa shape index (κ1) is 10.3. The van der Waals surface area contributed by atoms with Crippen molar-refractivity contribution < 1.29 is 0 Å². The van der Waals surface area contributed by atoms with Crippen LogP contribution < -0.4 is 11.1 Å². The van der Waals surface area contributed by atoms with Crippen molar-refractivity contribution in [1.82, 2.24) is 5.32 Å². The summed E-state index contributed by atoms with van der Waals surface area (Å²) in [5.74, 6) is 1.26. The van der Waals surface area contributed by atoms with Crippen LogP contribution in [-0.2, 0) is 0 Å². The van der Waals surface area contributed by atoms with Crippen LogP contribution in [0.3, 0.4) is 0 Å². The number of hydrogen-bond donors (Lipinski definition) is 2. The Morgan fingerprint density at radius 3 is 2.60 bits per heavy atom. The Kier molecular flexibility index (Phi) is 9.52. The van der Waals surface area contributed by atoms with E-state index in [0.717, 1.165) is 26.1 Å². The molecule has 0 aliphatic carbocycles. The van der Waals surface area contributed by atoms with Gasteiger partial charge in [-0.25, -0.2) is 0 Å². The summed E-state index contributed by atoms with van der Waals surface area (Å²) in [7, 11) is 0. The Hall–Kier alpha value is 0.270. The highest BCUT2D eigenvalue weighted by Gasteiger charge is 1.85. The average Bonchev–Trinajstić information content (AvgIpc) is 1.97. The van der Waals surface area contributed by atoms with Crippen LogP contribution in [0.4, 0.5) is 0 Å². The summed E-state index contributed by atoms with van der Waals surface area (Å²) in [6, 6.07) is 0. The summed E-state index contributed by atoms with van der Waals surface area (Å²) in [5.41, 5.74) is 5.33. The number of rotatable bonds is 7. The van der Waals surface area contributed by atoms with E-state index in [1.807, 2.05) is 11.8 Å². The van der Waals surface area contributed by atoms with E-state index in [0.29, 0.717) is 0 Å². The SMILES string of the molecule is CSCCCNCCCN. The summed E-state index contributed by atoms with van der Waals surface area (Å²) in [6.07, 6.45) is 4.50. The molecule has 0 amide bonds. The van der Waals surface area contributed by atoms with Gasteiger partial charge >= 0.3 is 0 Å². The van der Waals surface area contributed by atoms with Crippen molar-refractivity contribution >= 4 is 11.8 Å². The van der Waals surface area contributed by atoms with Gasteiger partial charge in [-0.3, -0.25) is 0 Å². The molecule has 0 aromatic heterocycles. The molecule has 0 spiro atoms. The fourth-order valence-electron chi connectivity index (χ4n) is 0.694. The second kappa shape index (κ2) is 9.27. The lowest BCUT2D eigenvalue weighted by atomic mass is 10.4. The summed E-state index contributed by atoms with van der Waals surface area (Å²) in [5, 5.41) is 3.33. The van der Waals surface area contributed by atoms with Crippen molar-refractivity contribution in [2.24, 2.45) is 5.73 Å². The third kappa shape index (κ3) is 8.27. The quantitative estimate of drug-likeness (QED) is 0.541. The monoisotopic (exact) mass is 162 g/mol. The van der Waals surface area contributed by atoms with Crippen molar-refractivity contribution in [2.75, 3.05) is 31.6 Å². The molecular formula is C7H18N2S. The van der Waals surface area contributed by atoms with Crippen LogP contribution in [0.2, 0.25) is 0 Å². The minimum atomic E-state index is 0.801. The van der Waals surface area contributed by atoms with Crippen molar-refractivity contribution in [3.05, 3.63) is 0 Å². The van der Waals surface area contributed by atoms with Gasteiger partial charge in [0.15, 0.2) is 0 Å². The van der Waals surface area contributed by atoms with E-state index in [1.165, 1.54) is 12.2 Å². The van der Waals surface area contributed by atoms with Crippen molar-refractivity contribution in [2.45, 2.75) is 12.8 Å². The fourth-order valence-corrected chi connectivity index (χ4v) is 1.13. The van der Waals surface area contributed by atoms with Crippen molar-refractivity contribution in [1.29, 1.82) is 0 Å². The first-order valence-electron chi connectivity index (χ1n) is 3.81. The van der Waals surface area contributed by atoms with Gasteiger partial charge in [-0.15, -0.1) is 0 Å². The van der Waals surface area contributed by atoms with Gasteiger partial charge in [0.05, 0.1) is 0 Å². The molecule has 0 aromatic rings. The highest BCUT2D eigenvalue weighted by molar-refractivity contribution is 7.98. The normalized spacial score (nSPS) is 10.2. The van der Waals surface area contributed by atoms with Gasteiger partial charge in [-0.2, -0.15) is 11.8 Å². The molecule has 0 unspecified atom stereocenters. The van der Waals surface area contributed by atoms with Crippen LogP contribution in [0.5, 0.6) is 0 Å². The first-order chi connectivity index (χ1) is 4.91. The second-order valence-electron chi connectivity index (χ2n) is 2.24. The molecule has 0 fully saturated rings. The van der Waals surface area contributed by atoms with Gasteiger partial charge in [0.2, 0.25) is 0 Å². The molecule has 0 bridgehead atoms. The van der Waals surface area contributed by atoms with Gasteiger partial charge in [-0.1, -0.05) is 0 Å². The second-order valence-corrected chi connectivity index (χ2v) is 3.22. The van der Waals surface area contributed by atoms with E-state index in [4.69, 9.17) is 5.73 Å². The molecule has 0 radical (unpaired) electrons. The number of nitrogens with one attached hydrogen (secondary N) is 1. The Morgan fingerprint density at radius 1 is 1.30 bits per heavy atom. The summed E-state index contributed by atoms with van der Waals surface area (Å²) in [6.45, 7) is 3.02. The summed E-state index contributed by atoms with van der Waals surface area (Å²) < 4.78 is 0. The lowest BCUT2D eigenvalue weighted by Crippen LogP contribution is -2.19. The van der Waals surface area contributed by atoms with E-state index in [-0.39, 0.29) is 0 Å². The molecular weight excluding hydrogens is 144 g/mol. The van der Waals surface area contributed by atoms with Crippen LogP contribution in [0.1, 0.15) is 12.8 Å². The first-order valence-corrected chi connectivity index (χ1v) is 5.21. The van der Waals surface area contributed by atoms with Crippen LogP contribution in [0.25, 0.3) is 0 Å². The fraction of sp³-hybridized carbons (Fsp3) is 1.00. The summed E-state index contributed by atoms with van der Waals surface area (Å²) in [4.78, 5) is 0. The highest BCUT2D eigenvalue weighted by atomic mass is 32.2. The predicted octanol–water partition coefficient (Wildman–Crippen LogP) is 0.678. The van der Waals surface area contributed by atoms with Crippen LogP contribution in [0, 0.1) is 0 Å². The van der Waals surface area contributed by atoms with Crippen LogP contribution >= 0.6 is 11.8 Å². The zero-order valence-electron chi connectivity index (χ0n) is 6.73. The Morgan fingerprint density at radius 2 is 2.00 bits per heavy atom. The Bertz CT molecular complexity index is 51.6. The molecule has 0 saturated carbocycles. The van der Waals surface area contributed by atoms with Crippen molar-refractivity contribution in [3.8, 4) is 0 Å².